The number of hydrogen-bond acceptors (Lipinski definition) is 4. The van der Waals surface area contributed by atoms with Gasteiger partial charge in [-0.3, -0.25) is 14.5 Å². The highest BCUT2D eigenvalue weighted by Gasteiger charge is 2.32. The quantitative estimate of drug-likeness (QED) is 0.857. The highest BCUT2D eigenvalue weighted by molar-refractivity contribution is 5.78. The number of amides is 1. The van der Waals surface area contributed by atoms with Crippen LogP contribution in [0.2, 0.25) is 0 Å². The summed E-state index contributed by atoms with van der Waals surface area (Å²) < 4.78 is 0. The van der Waals surface area contributed by atoms with Crippen molar-refractivity contribution in [3.05, 3.63) is 29.8 Å². The molecule has 2 aliphatic rings. The Morgan fingerprint density at radius 2 is 1.89 bits per heavy atom. The maximum atomic E-state index is 12.6. The van der Waals surface area contributed by atoms with Crippen LogP contribution in [-0.4, -0.2) is 72.1 Å². The van der Waals surface area contributed by atoms with E-state index in [0.29, 0.717) is 19.4 Å². The summed E-state index contributed by atoms with van der Waals surface area (Å²) in [5, 5.41) is 9.24. The molecule has 0 bridgehead atoms. The van der Waals surface area contributed by atoms with E-state index in [4.69, 9.17) is 0 Å². The van der Waals surface area contributed by atoms with Crippen LogP contribution in [-0.2, 0) is 9.59 Å². The molecule has 1 N–H and O–H groups in total. The lowest BCUT2D eigenvalue weighted by atomic mass is 9.93. The van der Waals surface area contributed by atoms with Gasteiger partial charge in [0.15, 0.2) is 0 Å². The first-order valence-corrected chi connectivity index (χ1v) is 10.0. The van der Waals surface area contributed by atoms with Crippen LogP contribution in [0.15, 0.2) is 24.3 Å². The number of carboxylic acids is 1. The first-order valence-electron chi connectivity index (χ1n) is 10.0. The van der Waals surface area contributed by atoms with Crippen LogP contribution < -0.4 is 4.90 Å². The lowest BCUT2D eigenvalue weighted by Gasteiger charge is -2.38. The summed E-state index contributed by atoms with van der Waals surface area (Å²) in [6.45, 7) is 9.09. The number of aryl methyl sites for hydroxylation is 1. The Balaban J connectivity index is 1.45. The number of anilines is 1. The topological polar surface area (TPSA) is 64.1 Å². The molecule has 6 nitrogen and oxygen atoms in total. The Morgan fingerprint density at radius 1 is 1.15 bits per heavy atom. The van der Waals surface area contributed by atoms with Gasteiger partial charge in [-0.15, -0.1) is 0 Å². The molecule has 3 rings (SSSR count). The zero-order chi connectivity index (χ0) is 19.4. The molecule has 2 saturated heterocycles. The first kappa shape index (κ1) is 19.7. The highest BCUT2D eigenvalue weighted by Crippen LogP contribution is 2.23. The third-order valence-electron chi connectivity index (χ3n) is 5.93. The molecular formula is C21H31N3O3. The molecule has 0 aromatic heterocycles. The van der Waals surface area contributed by atoms with Gasteiger partial charge in [0.1, 0.15) is 0 Å². The minimum Gasteiger partial charge on any atom is -0.481 e. The molecule has 1 aromatic rings. The van der Waals surface area contributed by atoms with Crippen molar-refractivity contribution < 1.29 is 14.7 Å². The molecule has 148 valence electrons. The normalized spacial score (nSPS) is 24.1. The van der Waals surface area contributed by atoms with E-state index in [1.165, 1.54) is 11.3 Å². The number of likely N-dealkylation sites (tertiary alicyclic amines) is 1. The summed E-state index contributed by atoms with van der Waals surface area (Å²) in [5.74, 6) is -1.11. The van der Waals surface area contributed by atoms with Crippen molar-refractivity contribution in [3.63, 3.8) is 0 Å². The second-order valence-corrected chi connectivity index (χ2v) is 7.93. The fraction of sp³-hybridized carbons (Fsp3) is 0.619. The van der Waals surface area contributed by atoms with Crippen LogP contribution >= 0.6 is 0 Å². The molecule has 0 radical (unpaired) electrons. The van der Waals surface area contributed by atoms with Crippen molar-refractivity contribution in [2.24, 2.45) is 5.92 Å². The van der Waals surface area contributed by atoms with Gasteiger partial charge in [0, 0.05) is 57.4 Å². The molecule has 2 fully saturated rings. The molecule has 0 aliphatic carbocycles. The van der Waals surface area contributed by atoms with E-state index in [2.05, 4.69) is 41.0 Å². The van der Waals surface area contributed by atoms with E-state index < -0.39 is 11.9 Å². The van der Waals surface area contributed by atoms with Crippen molar-refractivity contribution in [1.29, 1.82) is 0 Å². The number of benzene rings is 1. The second kappa shape index (κ2) is 8.74. The molecular weight excluding hydrogens is 342 g/mol. The van der Waals surface area contributed by atoms with E-state index in [9.17, 15) is 14.7 Å². The molecule has 2 heterocycles. The number of aliphatic carboxylic acids is 1. The summed E-state index contributed by atoms with van der Waals surface area (Å²) in [4.78, 5) is 30.4. The molecule has 2 unspecified atom stereocenters. The van der Waals surface area contributed by atoms with Gasteiger partial charge in [-0.1, -0.05) is 12.1 Å². The Morgan fingerprint density at radius 3 is 2.56 bits per heavy atom. The molecule has 2 aliphatic heterocycles. The smallest absolute Gasteiger partial charge is 0.308 e. The summed E-state index contributed by atoms with van der Waals surface area (Å²) in [5.41, 5.74) is 2.54. The molecule has 1 amide bonds. The monoisotopic (exact) mass is 373 g/mol. The highest BCUT2D eigenvalue weighted by atomic mass is 16.4. The molecule has 0 spiro atoms. The summed E-state index contributed by atoms with van der Waals surface area (Å²) in [6.07, 6.45) is 1.92. The first-order chi connectivity index (χ1) is 12.9. The Bertz CT molecular complexity index is 670. The SMILES string of the molecule is Cc1cccc(N2CCN(CCC(=O)N3CC(C(=O)O)CCC3C)CC2)c1. The molecule has 27 heavy (non-hydrogen) atoms. The van der Waals surface area contributed by atoms with Gasteiger partial charge in [-0.2, -0.15) is 0 Å². The second-order valence-electron chi connectivity index (χ2n) is 7.93. The van der Waals surface area contributed by atoms with Gasteiger partial charge >= 0.3 is 5.97 Å². The van der Waals surface area contributed by atoms with Gasteiger partial charge in [-0.25, -0.2) is 0 Å². The Hall–Kier alpha value is -2.08. The van der Waals surface area contributed by atoms with Crippen LogP contribution in [0.4, 0.5) is 5.69 Å². The van der Waals surface area contributed by atoms with E-state index >= 15 is 0 Å². The third kappa shape index (κ3) is 5.01. The van der Waals surface area contributed by atoms with Crippen LogP contribution in [0.25, 0.3) is 0 Å². The molecule has 2 atom stereocenters. The van der Waals surface area contributed by atoms with Crippen LogP contribution in [0.3, 0.4) is 0 Å². The van der Waals surface area contributed by atoms with Gasteiger partial charge in [-0.05, 0) is 44.4 Å². The number of hydrogen-bond donors (Lipinski definition) is 1. The van der Waals surface area contributed by atoms with Crippen molar-refractivity contribution in [1.82, 2.24) is 9.80 Å². The van der Waals surface area contributed by atoms with Gasteiger partial charge in [0.25, 0.3) is 0 Å². The van der Waals surface area contributed by atoms with Crippen LogP contribution in [0.5, 0.6) is 0 Å². The van der Waals surface area contributed by atoms with E-state index in [0.717, 1.165) is 39.1 Å². The van der Waals surface area contributed by atoms with Gasteiger partial charge < -0.3 is 14.9 Å². The van der Waals surface area contributed by atoms with Crippen molar-refractivity contribution in [3.8, 4) is 0 Å². The molecule has 0 saturated carbocycles. The lowest BCUT2D eigenvalue weighted by molar-refractivity contribution is -0.147. The van der Waals surface area contributed by atoms with E-state index in [-0.39, 0.29) is 11.9 Å². The average Bonchev–Trinajstić information content (AvgIpc) is 2.66. The fourth-order valence-electron chi connectivity index (χ4n) is 4.11. The van der Waals surface area contributed by atoms with Crippen LogP contribution in [0, 0.1) is 12.8 Å². The van der Waals surface area contributed by atoms with Crippen molar-refractivity contribution >= 4 is 17.6 Å². The predicted molar refractivity (Wildman–Crippen MR) is 106 cm³/mol. The molecule has 1 aromatic carbocycles. The summed E-state index contributed by atoms with van der Waals surface area (Å²) >= 11 is 0. The minimum absolute atomic E-state index is 0.0922. The zero-order valence-corrected chi connectivity index (χ0v) is 16.4. The Labute approximate surface area is 161 Å². The maximum absolute atomic E-state index is 12.6. The fourth-order valence-corrected chi connectivity index (χ4v) is 4.11. The third-order valence-corrected chi connectivity index (χ3v) is 5.93. The standard InChI is InChI=1S/C21H31N3O3/c1-16-4-3-5-19(14-16)23-12-10-22(11-13-23)9-8-20(25)24-15-18(21(26)27)7-6-17(24)2/h3-5,14,17-18H,6-13,15H2,1-2H3,(H,26,27). The number of carbonyl (C=O) groups excluding carboxylic acids is 1. The largest absolute Gasteiger partial charge is 0.481 e. The number of rotatable bonds is 5. The average molecular weight is 373 g/mol. The van der Waals surface area contributed by atoms with Gasteiger partial charge in [0.2, 0.25) is 5.91 Å². The minimum atomic E-state index is -0.785. The maximum Gasteiger partial charge on any atom is 0.308 e. The number of carbonyl (C=O) groups is 2. The summed E-state index contributed by atoms with van der Waals surface area (Å²) in [7, 11) is 0. The van der Waals surface area contributed by atoms with E-state index in [1.807, 2.05) is 6.92 Å². The van der Waals surface area contributed by atoms with Crippen LogP contribution in [0.1, 0.15) is 31.7 Å². The number of carboxylic acid groups (broad SMARTS) is 1. The Kier molecular flexibility index (Phi) is 6.37. The number of nitrogens with zero attached hydrogens (tertiary/aromatic N) is 3. The lowest BCUT2D eigenvalue weighted by Crippen LogP contribution is -2.50. The van der Waals surface area contributed by atoms with Crippen molar-refractivity contribution in [2.75, 3.05) is 44.2 Å². The zero-order valence-electron chi connectivity index (χ0n) is 16.4. The summed E-state index contributed by atoms with van der Waals surface area (Å²) in [6, 6.07) is 8.73. The van der Waals surface area contributed by atoms with Gasteiger partial charge in [0.05, 0.1) is 5.92 Å². The predicted octanol–water partition coefficient (Wildman–Crippen LogP) is 2.22. The number of piperidine rings is 1. The van der Waals surface area contributed by atoms with E-state index in [1.54, 1.807) is 4.90 Å². The molecule has 6 heteroatoms. The number of piperazine rings is 1. The van der Waals surface area contributed by atoms with Crippen molar-refractivity contribution in [2.45, 2.75) is 39.2 Å².